The minimum Gasteiger partial charge on any atom is -0.278 e. The number of hydrogen-bond donors (Lipinski definition) is 1. The van der Waals surface area contributed by atoms with E-state index in [4.69, 9.17) is 0 Å². The van der Waals surface area contributed by atoms with Gasteiger partial charge in [-0.15, -0.1) is 11.3 Å². The molecule has 2 aromatic heterocycles. The molecule has 2 heterocycles. The Kier molecular flexibility index (Phi) is 4.31. The van der Waals surface area contributed by atoms with E-state index in [2.05, 4.69) is 25.6 Å². The topological polar surface area (TPSA) is 59.1 Å². The predicted octanol–water partition coefficient (Wildman–Crippen LogP) is 4.03. The first kappa shape index (κ1) is 16.2. The standard InChI is InChI=1S/C11H8BrF3N2O2S2/c1-6-8(4-10(12)20-6)21(18,19)17-7-2-3-9(16-5-7)11(13,14)15/h2-5,17H,1H3. The lowest BCUT2D eigenvalue weighted by molar-refractivity contribution is -0.141. The maximum Gasteiger partial charge on any atom is 0.433 e. The molecule has 1 N–H and O–H groups in total. The van der Waals surface area contributed by atoms with E-state index in [1.54, 1.807) is 6.92 Å². The van der Waals surface area contributed by atoms with Crippen LogP contribution in [0, 0.1) is 6.92 Å². The van der Waals surface area contributed by atoms with E-state index in [0.29, 0.717) is 14.7 Å². The van der Waals surface area contributed by atoms with E-state index in [-0.39, 0.29) is 10.6 Å². The SMILES string of the molecule is Cc1sc(Br)cc1S(=O)(=O)Nc1ccc(C(F)(F)F)nc1. The molecule has 0 aromatic carbocycles. The Bertz CT molecular complexity index is 755. The Labute approximate surface area is 131 Å². The number of thiophene rings is 1. The van der Waals surface area contributed by atoms with Crippen molar-refractivity contribution in [1.82, 2.24) is 4.98 Å². The molecule has 0 spiro atoms. The summed E-state index contributed by atoms with van der Waals surface area (Å²) >= 11 is 4.43. The molecule has 2 rings (SSSR count). The first-order valence-electron chi connectivity index (χ1n) is 5.41. The molecule has 0 aliphatic carbocycles. The van der Waals surface area contributed by atoms with Crippen LogP contribution in [0.2, 0.25) is 0 Å². The summed E-state index contributed by atoms with van der Waals surface area (Å²) < 4.78 is 64.2. The van der Waals surface area contributed by atoms with Gasteiger partial charge in [-0.1, -0.05) is 0 Å². The fraction of sp³-hybridized carbons (Fsp3) is 0.182. The van der Waals surface area contributed by atoms with Gasteiger partial charge in [0.05, 0.1) is 15.7 Å². The van der Waals surface area contributed by atoms with Crippen LogP contribution in [-0.4, -0.2) is 13.4 Å². The third kappa shape index (κ3) is 3.74. The Morgan fingerprint density at radius 2 is 2.00 bits per heavy atom. The number of alkyl halides is 3. The molecule has 0 saturated carbocycles. The summed E-state index contributed by atoms with van der Waals surface area (Å²) in [5.41, 5.74) is -1.12. The van der Waals surface area contributed by atoms with Gasteiger partial charge in [0.15, 0.2) is 0 Å². The van der Waals surface area contributed by atoms with Gasteiger partial charge in [0.1, 0.15) is 10.6 Å². The number of nitrogens with one attached hydrogen (secondary N) is 1. The van der Waals surface area contributed by atoms with E-state index >= 15 is 0 Å². The van der Waals surface area contributed by atoms with Crippen LogP contribution in [0.25, 0.3) is 0 Å². The number of rotatable bonds is 3. The van der Waals surface area contributed by atoms with Crippen molar-refractivity contribution >= 4 is 43.0 Å². The molecule has 0 unspecified atom stereocenters. The van der Waals surface area contributed by atoms with E-state index in [9.17, 15) is 21.6 Å². The molecule has 114 valence electrons. The molecular formula is C11H8BrF3N2O2S2. The van der Waals surface area contributed by atoms with Crippen LogP contribution in [-0.2, 0) is 16.2 Å². The van der Waals surface area contributed by atoms with Gasteiger partial charge in [-0.3, -0.25) is 4.72 Å². The average molecular weight is 401 g/mol. The maximum absolute atomic E-state index is 12.4. The van der Waals surface area contributed by atoms with Crippen molar-refractivity contribution in [3.8, 4) is 0 Å². The fourth-order valence-electron chi connectivity index (χ4n) is 1.53. The van der Waals surface area contributed by atoms with Crippen molar-refractivity contribution in [3.63, 3.8) is 0 Å². The third-order valence-electron chi connectivity index (χ3n) is 2.44. The third-order valence-corrected chi connectivity index (χ3v) is 5.63. The van der Waals surface area contributed by atoms with Gasteiger partial charge in [-0.2, -0.15) is 13.2 Å². The zero-order chi connectivity index (χ0) is 15.8. The summed E-state index contributed by atoms with van der Waals surface area (Å²) in [6, 6.07) is 3.16. The average Bonchev–Trinajstić information content (AvgIpc) is 2.68. The highest BCUT2D eigenvalue weighted by Gasteiger charge is 2.32. The van der Waals surface area contributed by atoms with Crippen LogP contribution in [0.5, 0.6) is 0 Å². The number of aromatic nitrogens is 1. The van der Waals surface area contributed by atoms with Crippen LogP contribution in [0.3, 0.4) is 0 Å². The monoisotopic (exact) mass is 400 g/mol. The molecule has 0 fully saturated rings. The summed E-state index contributed by atoms with van der Waals surface area (Å²) in [6.45, 7) is 1.63. The summed E-state index contributed by atoms with van der Waals surface area (Å²) in [7, 11) is -3.86. The van der Waals surface area contributed by atoms with Gasteiger partial charge in [0.25, 0.3) is 10.0 Å². The lowest BCUT2D eigenvalue weighted by atomic mass is 10.3. The number of anilines is 1. The largest absolute Gasteiger partial charge is 0.433 e. The summed E-state index contributed by atoms with van der Waals surface area (Å²) in [5.74, 6) is 0. The van der Waals surface area contributed by atoms with Gasteiger partial charge < -0.3 is 0 Å². The molecule has 4 nitrogen and oxygen atoms in total. The van der Waals surface area contributed by atoms with Crippen LogP contribution >= 0.6 is 27.3 Å². The van der Waals surface area contributed by atoms with Crippen molar-refractivity contribution in [1.29, 1.82) is 0 Å². The number of nitrogens with zero attached hydrogens (tertiary/aromatic N) is 1. The summed E-state index contributed by atoms with van der Waals surface area (Å²) in [6.07, 6.45) is -3.73. The number of sulfonamides is 1. The number of halogens is 4. The van der Waals surface area contributed by atoms with Crippen molar-refractivity contribution in [2.24, 2.45) is 0 Å². The van der Waals surface area contributed by atoms with Gasteiger partial charge in [0, 0.05) is 4.88 Å². The molecule has 21 heavy (non-hydrogen) atoms. The van der Waals surface area contributed by atoms with Gasteiger partial charge >= 0.3 is 6.18 Å². The highest BCUT2D eigenvalue weighted by molar-refractivity contribution is 9.11. The van der Waals surface area contributed by atoms with Crippen LogP contribution in [0.1, 0.15) is 10.6 Å². The minimum absolute atomic E-state index is 0.0373. The first-order valence-corrected chi connectivity index (χ1v) is 8.51. The molecule has 0 aliphatic heterocycles. The summed E-state index contributed by atoms with van der Waals surface area (Å²) in [5, 5.41) is 0. The maximum atomic E-state index is 12.4. The van der Waals surface area contributed by atoms with Crippen LogP contribution < -0.4 is 4.72 Å². The van der Waals surface area contributed by atoms with E-state index < -0.39 is 21.9 Å². The minimum atomic E-state index is -4.56. The smallest absolute Gasteiger partial charge is 0.278 e. The second-order valence-electron chi connectivity index (χ2n) is 4.01. The second kappa shape index (κ2) is 5.58. The molecule has 2 aromatic rings. The van der Waals surface area contributed by atoms with Gasteiger partial charge in [-0.05, 0) is 41.1 Å². The van der Waals surface area contributed by atoms with Gasteiger partial charge in [-0.25, -0.2) is 13.4 Å². The second-order valence-corrected chi connectivity index (χ2v) is 8.29. The molecule has 0 atom stereocenters. The highest BCUT2D eigenvalue weighted by atomic mass is 79.9. The quantitative estimate of drug-likeness (QED) is 0.845. The Morgan fingerprint density at radius 3 is 2.43 bits per heavy atom. The highest BCUT2D eigenvalue weighted by Crippen LogP contribution is 2.31. The lowest BCUT2D eigenvalue weighted by Gasteiger charge is -2.09. The van der Waals surface area contributed by atoms with Crippen molar-refractivity contribution in [3.05, 3.63) is 38.8 Å². The van der Waals surface area contributed by atoms with E-state index in [1.165, 1.54) is 17.4 Å². The Hall–Kier alpha value is -1.13. The first-order chi connectivity index (χ1) is 9.59. The molecule has 0 saturated heterocycles. The summed E-state index contributed by atoms with van der Waals surface area (Å²) in [4.78, 5) is 3.83. The Balaban J connectivity index is 2.27. The zero-order valence-electron chi connectivity index (χ0n) is 10.4. The van der Waals surface area contributed by atoms with Crippen molar-refractivity contribution in [2.75, 3.05) is 4.72 Å². The molecule has 0 radical (unpaired) electrons. The molecule has 0 aliphatic rings. The molecule has 0 amide bonds. The predicted molar refractivity (Wildman–Crippen MR) is 76.8 cm³/mol. The van der Waals surface area contributed by atoms with E-state index in [1.807, 2.05) is 0 Å². The van der Waals surface area contributed by atoms with Crippen LogP contribution in [0.4, 0.5) is 18.9 Å². The number of aryl methyl sites for hydroxylation is 1. The number of hydrogen-bond acceptors (Lipinski definition) is 4. The van der Waals surface area contributed by atoms with E-state index in [0.717, 1.165) is 12.3 Å². The fourth-order valence-corrected chi connectivity index (χ4v) is 4.99. The van der Waals surface area contributed by atoms with Crippen molar-refractivity contribution < 1.29 is 21.6 Å². The molecule has 0 bridgehead atoms. The lowest BCUT2D eigenvalue weighted by Crippen LogP contribution is -2.14. The van der Waals surface area contributed by atoms with Crippen LogP contribution in [0.15, 0.2) is 33.1 Å². The normalized spacial score (nSPS) is 12.4. The molecule has 10 heteroatoms. The number of pyridine rings is 1. The Morgan fingerprint density at radius 1 is 1.33 bits per heavy atom. The molecular weight excluding hydrogens is 393 g/mol. The zero-order valence-corrected chi connectivity index (χ0v) is 13.6. The van der Waals surface area contributed by atoms with Gasteiger partial charge in [0.2, 0.25) is 0 Å². The van der Waals surface area contributed by atoms with Crippen molar-refractivity contribution in [2.45, 2.75) is 18.0 Å².